The number of nitrogens with one attached hydrogen (secondary N) is 2. The highest BCUT2D eigenvalue weighted by molar-refractivity contribution is 7.89. The first kappa shape index (κ1) is 23.0. The van der Waals surface area contributed by atoms with Crippen molar-refractivity contribution < 1.29 is 27.1 Å². The van der Waals surface area contributed by atoms with E-state index >= 15 is 0 Å². The lowest BCUT2D eigenvalue weighted by atomic mass is 10.2. The molecule has 0 radical (unpaired) electrons. The summed E-state index contributed by atoms with van der Waals surface area (Å²) in [5.41, 5.74) is 1.30. The highest BCUT2D eigenvalue weighted by atomic mass is 32.2. The molecule has 174 valence electrons. The summed E-state index contributed by atoms with van der Waals surface area (Å²) < 4.78 is 43.7. The Morgan fingerprint density at radius 1 is 1.03 bits per heavy atom. The first-order valence-corrected chi connectivity index (χ1v) is 12.2. The predicted molar refractivity (Wildman–Crippen MR) is 121 cm³/mol. The van der Waals surface area contributed by atoms with E-state index < -0.39 is 10.0 Å². The molecule has 3 aromatic rings. The summed E-state index contributed by atoms with van der Waals surface area (Å²) in [4.78, 5) is 12.5. The number of ether oxygens (including phenoxy) is 2. The Kier molecular flexibility index (Phi) is 7.43. The number of benzene rings is 2. The van der Waals surface area contributed by atoms with Crippen LogP contribution in [0.3, 0.4) is 0 Å². The van der Waals surface area contributed by atoms with E-state index in [0.29, 0.717) is 24.5 Å². The minimum Gasteiger partial charge on any atom is -0.491 e. The summed E-state index contributed by atoms with van der Waals surface area (Å²) in [5.74, 6) is 0.983. The Hall–Kier alpha value is -3.14. The largest absolute Gasteiger partial charge is 0.491 e. The van der Waals surface area contributed by atoms with Crippen molar-refractivity contribution in [1.29, 1.82) is 0 Å². The number of carbonyl (C=O) groups is 1. The van der Waals surface area contributed by atoms with Gasteiger partial charge in [0.2, 0.25) is 10.0 Å². The second-order valence-corrected chi connectivity index (χ2v) is 9.47. The van der Waals surface area contributed by atoms with Gasteiger partial charge in [0, 0.05) is 18.7 Å². The minimum absolute atomic E-state index is 0.0513. The van der Waals surface area contributed by atoms with Crippen LogP contribution in [0.15, 0.2) is 76.2 Å². The number of hydrogen-bond acceptors (Lipinski definition) is 6. The zero-order chi connectivity index (χ0) is 23.1. The molecule has 1 fully saturated rings. The Balaban J connectivity index is 1.26. The van der Waals surface area contributed by atoms with E-state index in [1.165, 1.54) is 30.5 Å². The normalized spacial score (nSPS) is 15.9. The van der Waals surface area contributed by atoms with Crippen LogP contribution < -0.4 is 14.8 Å². The number of carbonyl (C=O) groups excluding carboxylic acids is 1. The number of rotatable bonds is 10. The third-order valence-electron chi connectivity index (χ3n) is 5.28. The summed E-state index contributed by atoms with van der Waals surface area (Å²) in [5, 5.41) is 2.84. The fourth-order valence-electron chi connectivity index (χ4n) is 3.40. The van der Waals surface area contributed by atoms with Gasteiger partial charge in [-0.1, -0.05) is 12.1 Å². The average Bonchev–Trinajstić information content (AvgIpc) is 3.55. The molecular formula is C24H26N2O6S. The van der Waals surface area contributed by atoms with Gasteiger partial charge >= 0.3 is 0 Å². The van der Waals surface area contributed by atoms with E-state index in [9.17, 15) is 13.2 Å². The number of sulfonamides is 1. The molecule has 1 aromatic heterocycles. The molecule has 0 aliphatic carbocycles. The Labute approximate surface area is 193 Å². The molecule has 2 aromatic carbocycles. The highest BCUT2D eigenvalue weighted by Gasteiger charge is 2.17. The average molecular weight is 471 g/mol. The lowest BCUT2D eigenvalue weighted by molar-refractivity contribution is 0.0679. The molecule has 1 unspecified atom stereocenters. The Bertz CT molecular complexity index is 1140. The van der Waals surface area contributed by atoms with Gasteiger partial charge in [-0.2, -0.15) is 0 Å². The van der Waals surface area contributed by atoms with Gasteiger partial charge in [0.25, 0.3) is 5.91 Å². The topological polar surface area (TPSA) is 107 Å². The van der Waals surface area contributed by atoms with Gasteiger partial charge in [-0.05, 0) is 66.9 Å². The van der Waals surface area contributed by atoms with E-state index in [0.717, 1.165) is 30.8 Å². The molecule has 1 atom stereocenters. The molecule has 33 heavy (non-hydrogen) atoms. The van der Waals surface area contributed by atoms with Crippen LogP contribution in [0, 0.1) is 0 Å². The standard InChI is InChI=1S/C24H26N2O6S/c27-24(25-15-18-5-9-20(10-6-18)32-17-22-4-2-14-31-22)19-7-11-23(12-8-19)33(28,29)26-16-21-3-1-13-30-21/h1,3,5-13,22,26H,2,4,14-17H2,(H,25,27). The summed E-state index contributed by atoms with van der Waals surface area (Å²) in [6, 6.07) is 16.7. The number of furan rings is 1. The van der Waals surface area contributed by atoms with E-state index in [2.05, 4.69) is 10.0 Å². The molecule has 2 heterocycles. The maximum Gasteiger partial charge on any atom is 0.251 e. The monoisotopic (exact) mass is 470 g/mol. The molecule has 9 heteroatoms. The first-order chi connectivity index (χ1) is 16.0. The van der Waals surface area contributed by atoms with Gasteiger partial charge in [0.05, 0.1) is 23.8 Å². The summed E-state index contributed by atoms with van der Waals surface area (Å²) >= 11 is 0. The van der Waals surface area contributed by atoms with Gasteiger partial charge < -0.3 is 19.2 Å². The van der Waals surface area contributed by atoms with Crippen LogP contribution in [0.4, 0.5) is 0 Å². The van der Waals surface area contributed by atoms with Crippen LogP contribution in [0.5, 0.6) is 5.75 Å². The fraction of sp³-hybridized carbons (Fsp3) is 0.292. The van der Waals surface area contributed by atoms with Crippen LogP contribution >= 0.6 is 0 Å². The quantitative estimate of drug-likeness (QED) is 0.471. The molecule has 1 aliphatic heterocycles. The van der Waals surface area contributed by atoms with E-state index in [-0.39, 0.29) is 23.5 Å². The molecule has 0 spiro atoms. The predicted octanol–water partition coefficient (Wildman–Crippen LogP) is 3.25. The van der Waals surface area contributed by atoms with Gasteiger partial charge in [-0.15, -0.1) is 0 Å². The third kappa shape index (κ3) is 6.44. The van der Waals surface area contributed by atoms with Gasteiger partial charge in [0.15, 0.2) is 0 Å². The van der Waals surface area contributed by atoms with Crippen molar-refractivity contribution in [1.82, 2.24) is 10.0 Å². The van der Waals surface area contributed by atoms with Crippen molar-refractivity contribution in [3.05, 3.63) is 83.8 Å². The van der Waals surface area contributed by atoms with Crippen LogP contribution in [0.25, 0.3) is 0 Å². The Morgan fingerprint density at radius 2 is 1.82 bits per heavy atom. The molecule has 1 amide bonds. The van der Waals surface area contributed by atoms with Gasteiger partial charge in [-0.3, -0.25) is 4.79 Å². The number of amides is 1. The summed E-state index contributed by atoms with van der Waals surface area (Å²) in [6.45, 7) is 1.74. The maximum absolute atomic E-state index is 12.4. The maximum atomic E-state index is 12.4. The second-order valence-electron chi connectivity index (χ2n) is 7.70. The zero-order valence-corrected chi connectivity index (χ0v) is 18.8. The molecule has 1 saturated heterocycles. The molecule has 2 N–H and O–H groups in total. The van der Waals surface area contributed by atoms with E-state index in [4.69, 9.17) is 13.9 Å². The summed E-state index contributed by atoms with van der Waals surface area (Å²) in [6.07, 6.45) is 3.75. The van der Waals surface area contributed by atoms with Crippen molar-refractivity contribution >= 4 is 15.9 Å². The molecular weight excluding hydrogens is 444 g/mol. The molecule has 4 rings (SSSR count). The smallest absolute Gasteiger partial charge is 0.251 e. The van der Waals surface area contributed by atoms with E-state index in [1.54, 1.807) is 12.1 Å². The minimum atomic E-state index is -3.71. The molecule has 8 nitrogen and oxygen atoms in total. The van der Waals surface area contributed by atoms with Crippen molar-refractivity contribution in [2.75, 3.05) is 13.2 Å². The Morgan fingerprint density at radius 3 is 2.48 bits per heavy atom. The number of hydrogen-bond donors (Lipinski definition) is 2. The second kappa shape index (κ2) is 10.7. The van der Waals surface area contributed by atoms with Crippen LogP contribution in [-0.4, -0.2) is 33.6 Å². The molecule has 0 saturated carbocycles. The van der Waals surface area contributed by atoms with E-state index in [1.807, 2.05) is 24.3 Å². The van der Waals surface area contributed by atoms with Crippen molar-refractivity contribution in [2.45, 2.75) is 36.9 Å². The van der Waals surface area contributed by atoms with Crippen molar-refractivity contribution in [3.8, 4) is 5.75 Å². The lowest BCUT2D eigenvalue weighted by Crippen LogP contribution is -2.24. The van der Waals surface area contributed by atoms with Crippen molar-refractivity contribution in [2.24, 2.45) is 0 Å². The van der Waals surface area contributed by atoms with Crippen LogP contribution in [0.1, 0.15) is 34.5 Å². The molecule has 0 bridgehead atoms. The van der Waals surface area contributed by atoms with Crippen LogP contribution in [-0.2, 0) is 27.8 Å². The SMILES string of the molecule is O=C(NCc1ccc(OCC2CCCO2)cc1)c1ccc(S(=O)(=O)NCc2ccco2)cc1. The third-order valence-corrected chi connectivity index (χ3v) is 6.70. The first-order valence-electron chi connectivity index (χ1n) is 10.7. The summed E-state index contributed by atoms with van der Waals surface area (Å²) in [7, 11) is -3.71. The lowest BCUT2D eigenvalue weighted by Gasteiger charge is -2.12. The molecule has 1 aliphatic rings. The fourth-order valence-corrected chi connectivity index (χ4v) is 4.39. The van der Waals surface area contributed by atoms with Gasteiger partial charge in [0.1, 0.15) is 18.1 Å². The zero-order valence-electron chi connectivity index (χ0n) is 18.0. The van der Waals surface area contributed by atoms with Crippen LogP contribution in [0.2, 0.25) is 0 Å². The highest BCUT2D eigenvalue weighted by Crippen LogP contribution is 2.17. The van der Waals surface area contributed by atoms with Gasteiger partial charge in [-0.25, -0.2) is 13.1 Å². The van der Waals surface area contributed by atoms with Crippen molar-refractivity contribution in [3.63, 3.8) is 0 Å².